The molecule has 27 nitrogen and oxygen atoms in total. The second-order valence-corrected chi connectivity index (χ2v) is 25.7. The van der Waals surface area contributed by atoms with Crippen LogP contribution in [0.3, 0.4) is 0 Å². The van der Waals surface area contributed by atoms with Crippen molar-refractivity contribution >= 4 is 104 Å². The van der Waals surface area contributed by atoms with Gasteiger partial charge in [0.05, 0.1) is 66.4 Å². The van der Waals surface area contributed by atoms with E-state index in [2.05, 4.69) is 31.9 Å². The van der Waals surface area contributed by atoms with Crippen molar-refractivity contribution in [1.82, 2.24) is 45.9 Å². The van der Waals surface area contributed by atoms with Crippen LogP contribution in [-0.2, 0) is 86.0 Å². The van der Waals surface area contributed by atoms with Crippen LogP contribution in [0.1, 0.15) is 106 Å². The molecule has 2 aromatic heterocycles. The molecule has 1 aliphatic carbocycles. The Bertz CT molecular complexity index is 4300. The number of carbonyl (C=O) groups is 10. The Morgan fingerprint density at radius 2 is 1.64 bits per heavy atom. The fourth-order valence-corrected chi connectivity index (χ4v) is 13.7. The number of fused-ring (bicyclic) bond motifs is 5. The average Bonchev–Trinajstić information content (AvgIpc) is 1.47. The van der Waals surface area contributed by atoms with Gasteiger partial charge in [0, 0.05) is 89.1 Å². The van der Waals surface area contributed by atoms with Crippen molar-refractivity contribution in [2.45, 2.75) is 115 Å². The van der Waals surface area contributed by atoms with E-state index in [1.165, 1.54) is 39.6 Å². The van der Waals surface area contributed by atoms with Gasteiger partial charge >= 0.3 is 18.2 Å². The van der Waals surface area contributed by atoms with Gasteiger partial charge in [-0.15, -0.1) is 0 Å². The predicted octanol–water partition coefficient (Wildman–Crippen LogP) is 4.43. The highest BCUT2D eigenvalue weighted by molar-refractivity contribution is 14.1. The fraction of sp³-hybridized carbons (Fsp3) is 0.362. The van der Waals surface area contributed by atoms with Gasteiger partial charge in [-0.25, -0.2) is 28.7 Å². The summed E-state index contributed by atoms with van der Waals surface area (Å²) in [5.74, 6) is -5.33. The molecule has 4 aromatic carbocycles. The molecule has 5 atom stereocenters. The van der Waals surface area contributed by atoms with Crippen molar-refractivity contribution in [3.05, 3.63) is 167 Å². The summed E-state index contributed by atoms with van der Waals surface area (Å²) in [6.45, 7) is 1.63. The van der Waals surface area contributed by atoms with E-state index in [4.69, 9.17) is 19.2 Å². The van der Waals surface area contributed by atoms with E-state index >= 15 is 4.39 Å². The third-order valence-electron chi connectivity index (χ3n) is 18.0. The lowest BCUT2D eigenvalue weighted by Crippen LogP contribution is -2.52. The summed E-state index contributed by atoms with van der Waals surface area (Å²) < 4.78 is 35.1. The predicted molar refractivity (Wildman–Crippen MR) is 359 cm³/mol. The number of ether oxygens (including phenoxy) is 3. The van der Waals surface area contributed by atoms with E-state index < -0.39 is 115 Å². The van der Waals surface area contributed by atoms with Crippen LogP contribution in [0.15, 0.2) is 102 Å². The molecule has 1 fully saturated rings. The van der Waals surface area contributed by atoms with Crippen LogP contribution in [0, 0.1) is 16.3 Å². The summed E-state index contributed by atoms with van der Waals surface area (Å²) in [6.07, 6.45) is 1.50. The summed E-state index contributed by atoms with van der Waals surface area (Å²) in [5.41, 5.74) is 3.10. The quantitative estimate of drug-likeness (QED) is 0.0136. The molecular formula is C69H71FIN11O16. The highest BCUT2D eigenvalue weighted by Crippen LogP contribution is 2.47. The molecule has 0 saturated carbocycles. The minimum Gasteiger partial charge on any atom is -0.457 e. The van der Waals surface area contributed by atoms with Crippen molar-refractivity contribution in [1.29, 1.82) is 0 Å². The first-order valence-electron chi connectivity index (χ1n) is 32.0. The topological polar surface area (TPSA) is 356 Å². The molecule has 29 heteroatoms. The normalized spacial score (nSPS) is 17.8. The number of aliphatic hydroxyl groups is 2. The molecule has 6 aromatic rings. The van der Waals surface area contributed by atoms with Crippen LogP contribution in [0.5, 0.6) is 0 Å². The highest BCUT2D eigenvalue weighted by atomic mass is 127. The van der Waals surface area contributed by atoms with Crippen molar-refractivity contribution in [2.75, 3.05) is 56.6 Å². The Morgan fingerprint density at radius 1 is 0.888 bits per heavy atom. The number of benzene rings is 4. The second kappa shape index (κ2) is 29.8. The van der Waals surface area contributed by atoms with Crippen molar-refractivity contribution in [2.24, 2.45) is 0 Å². The van der Waals surface area contributed by atoms with E-state index in [1.54, 1.807) is 80.6 Å². The zero-order chi connectivity index (χ0) is 69.7. The van der Waals surface area contributed by atoms with Crippen LogP contribution in [0.25, 0.3) is 22.3 Å². The number of aryl methyl sites for hydroxylation is 1. The van der Waals surface area contributed by atoms with Gasteiger partial charge < -0.3 is 65.4 Å². The Kier molecular flexibility index (Phi) is 21.1. The van der Waals surface area contributed by atoms with E-state index in [0.717, 1.165) is 22.6 Å². The Balaban J connectivity index is 0.663. The van der Waals surface area contributed by atoms with Gasteiger partial charge in [0.2, 0.25) is 29.2 Å². The number of cyclic esters (lactones) is 1. The summed E-state index contributed by atoms with van der Waals surface area (Å²) in [7, 11) is 1.46. The molecule has 5 aliphatic rings. The lowest BCUT2D eigenvalue weighted by molar-refractivity contribution is -0.173. The third-order valence-corrected chi connectivity index (χ3v) is 18.7. The van der Waals surface area contributed by atoms with Crippen LogP contribution >= 0.6 is 22.6 Å². The zero-order valence-electron chi connectivity index (χ0n) is 53.7. The Morgan fingerprint density at radius 3 is 2.38 bits per heavy atom. The van der Waals surface area contributed by atoms with Gasteiger partial charge in [0.1, 0.15) is 31.3 Å². The number of esters is 1. The number of anilines is 2. The number of aliphatic hydroxyl groups excluding tert-OH is 2. The summed E-state index contributed by atoms with van der Waals surface area (Å²) in [4.78, 5) is 156. The molecular weight excluding hydrogens is 1380 g/mol. The first-order valence-corrected chi connectivity index (χ1v) is 33.1. The van der Waals surface area contributed by atoms with Gasteiger partial charge in [-0.05, 0) is 132 Å². The number of carbonyl (C=O) groups excluding carboxylic acids is 10. The first-order chi connectivity index (χ1) is 47.0. The third kappa shape index (κ3) is 14.8. The largest absolute Gasteiger partial charge is 0.457 e. The minimum absolute atomic E-state index is 0.0240. The number of nitrogens with zero attached hydrogens (tertiary/aromatic N) is 5. The number of amides is 9. The lowest BCUT2D eigenvalue weighted by Gasteiger charge is -2.37. The minimum atomic E-state index is -2.09. The maximum atomic E-state index is 15.6. The Labute approximate surface area is 573 Å². The van der Waals surface area contributed by atoms with Crippen molar-refractivity contribution in [3.8, 4) is 11.4 Å². The van der Waals surface area contributed by atoms with E-state index in [-0.39, 0.29) is 86.8 Å². The molecule has 6 heterocycles. The molecule has 8 N–H and O–H groups in total. The van der Waals surface area contributed by atoms with Crippen molar-refractivity contribution in [3.63, 3.8) is 0 Å². The molecule has 11 rings (SSSR count). The van der Waals surface area contributed by atoms with E-state index in [0.29, 0.717) is 91.6 Å². The number of rotatable bonds is 24. The highest BCUT2D eigenvalue weighted by Gasteiger charge is 2.52. The molecule has 1 unspecified atom stereocenters. The van der Waals surface area contributed by atoms with Gasteiger partial charge in [-0.3, -0.25) is 43.7 Å². The standard InChI is InChI=1S/C69H71FIN11O16/c1-4-69(48-28-53-62-46(34-81(53)65(92)47(48)36-96-66(69)93)61-50(76-54(84)13-9-23-83)19-18-45-37(2)49(70)29-51(78-62)60(45)61)98-67(94)79(3)33-43-12-8-22-80(43)68(95)97-35-39-14-16-42(17-15-39)75-56(86)32-74-64(91)52(24-38-10-6-5-7-11-38)77-57(87)31-72-55(85)30-73-63(90)40-25-41(71)27-44(26-40)82-58(88)20-21-59(82)89/h5-7,10-11,14-17,20-21,25-29,43,50,52,55,72,83,85H,4,8-9,12-13,18-19,22-24,30-36H2,1-3H3,(H,73,90)(H,74,91)(H,75,86)(H,76,84)(H,77,87)/t43-,50-,52-,55?,69-/m0/s1. The summed E-state index contributed by atoms with van der Waals surface area (Å²) in [6, 6.07) is 20.4. The summed E-state index contributed by atoms with van der Waals surface area (Å²) in [5, 5.41) is 36.8. The number of imide groups is 1. The number of hydrogen-bond donors (Lipinski definition) is 8. The maximum absolute atomic E-state index is 15.6. The Hall–Kier alpha value is -9.98. The number of aromatic nitrogens is 2. The summed E-state index contributed by atoms with van der Waals surface area (Å²) >= 11 is 1.94. The number of halogens is 2. The molecule has 0 bridgehead atoms. The van der Waals surface area contributed by atoms with Crippen molar-refractivity contribution < 1.29 is 76.8 Å². The molecule has 4 aliphatic heterocycles. The molecule has 98 heavy (non-hydrogen) atoms. The smallest absolute Gasteiger partial charge is 0.411 e. The number of hydrogen-bond acceptors (Lipinski definition) is 18. The monoisotopic (exact) mass is 1460 g/mol. The van der Waals surface area contributed by atoms with E-state index in [9.17, 15) is 63.0 Å². The molecule has 512 valence electrons. The van der Waals surface area contributed by atoms with Crippen LogP contribution in [0.2, 0.25) is 0 Å². The number of pyridine rings is 2. The van der Waals surface area contributed by atoms with Crippen LogP contribution < -0.4 is 42.4 Å². The molecule has 9 amide bonds. The van der Waals surface area contributed by atoms with Gasteiger partial charge in [0.25, 0.3) is 23.3 Å². The fourth-order valence-electron chi connectivity index (χ4n) is 13.0. The van der Waals surface area contributed by atoms with Gasteiger partial charge in [-0.1, -0.05) is 49.4 Å². The second-order valence-electron chi connectivity index (χ2n) is 24.5. The van der Waals surface area contributed by atoms with E-state index in [1.807, 2.05) is 22.6 Å². The zero-order valence-corrected chi connectivity index (χ0v) is 55.8. The van der Waals surface area contributed by atoms with Gasteiger partial charge in [0.15, 0.2) is 0 Å². The average molecular weight is 1460 g/mol. The molecule has 1 saturated heterocycles. The van der Waals surface area contributed by atoms with Crippen LogP contribution in [0.4, 0.5) is 25.4 Å². The van der Waals surface area contributed by atoms with Gasteiger partial charge in [-0.2, -0.15) is 0 Å². The number of likely N-dealkylation sites (N-methyl/N-ethyl adjacent to an activating group) is 1. The SMILES string of the molecule is CC[C@@]1(OC(=O)N(C)C[C@@H]2CCCN2C(=O)OCc2ccc(NC(=O)CNC(=O)[C@H](Cc3ccccc3)NC(=O)CNC(O)CNC(=O)c3cc(I)cc(N4C(=O)C=CC4=O)c3)cc2)C(=O)OCc2c1cc1n(c2=O)Cc2c-1nc1cc(F)c(C)c3c1c2[C@@H](NC(=O)CCCO)CC3. The number of nitrogens with one attached hydrogen (secondary N) is 6. The maximum Gasteiger partial charge on any atom is 0.411 e. The molecule has 0 spiro atoms. The molecule has 0 radical (unpaired) electrons. The van der Waals surface area contributed by atoms with Crippen LogP contribution in [-0.4, -0.2) is 154 Å². The first kappa shape index (κ1) is 69.4. The number of likely N-dealkylation sites (tertiary alicyclic amines) is 1. The lowest BCUT2D eigenvalue weighted by atomic mass is 9.81.